The zero-order valence-corrected chi connectivity index (χ0v) is 19.1. The monoisotopic (exact) mass is 450 g/mol. The van der Waals surface area contributed by atoms with Crippen LogP contribution in [-0.4, -0.2) is 31.8 Å². The summed E-state index contributed by atoms with van der Waals surface area (Å²) in [5.41, 5.74) is 4.59. The highest BCUT2D eigenvalue weighted by Crippen LogP contribution is 2.30. The number of carbonyl (C=O) groups is 1. The lowest BCUT2D eigenvalue weighted by atomic mass is 9.95. The van der Waals surface area contributed by atoms with Crippen molar-refractivity contribution in [2.45, 2.75) is 37.8 Å². The van der Waals surface area contributed by atoms with Crippen LogP contribution in [0.25, 0.3) is 0 Å². The third kappa shape index (κ3) is 4.26. The van der Waals surface area contributed by atoms with Gasteiger partial charge in [-0.1, -0.05) is 42.0 Å². The Morgan fingerprint density at radius 3 is 2.34 bits per heavy atom. The van der Waals surface area contributed by atoms with E-state index in [0.717, 1.165) is 22.3 Å². The summed E-state index contributed by atoms with van der Waals surface area (Å²) in [5, 5.41) is 2.94. The molecule has 3 aromatic rings. The summed E-state index contributed by atoms with van der Waals surface area (Å²) in [7, 11) is -2.39. The zero-order chi connectivity index (χ0) is 22.9. The number of aryl methyl sites for hydroxylation is 2. The Morgan fingerprint density at radius 1 is 1.00 bits per heavy atom. The Hall–Kier alpha value is -3.16. The number of benzene rings is 3. The van der Waals surface area contributed by atoms with E-state index in [1.165, 1.54) is 23.5 Å². The van der Waals surface area contributed by atoms with Gasteiger partial charge in [-0.05, 0) is 67.3 Å². The molecular formula is C25H26N2O4S. The fourth-order valence-electron chi connectivity index (χ4n) is 4.03. The van der Waals surface area contributed by atoms with Gasteiger partial charge in [-0.15, -0.1) is 0 Å². The number of ether oxygens (including phenoxy) is 1. The van der Waals surface area contributed by atoms with E-state index in [0.29, 0.717) is 17.9 Å². The molecule has 4 rings (SSSR count). The van der Waals surface area contributed by atoms with E-state index >= 15 is 0 Å². The first-order chi connectivity index (χ1) is 15.3. The first-order valence-corrected chi connectivity index (χ1v) is 11.8. The molecule has 1 N–H and O–H groups in total. The van der Waals surface area contributed by atoms with Crippen LogP contribution in [0.5, 0.6) is 5.75 Å². The predicted octanol–water partition coefficient (Wildman–Crippen LogP) is 4.07. The van der Waals surface area contributed by atoms with E-state index in [1.807, 2.05) is 56.3 Å². The lowest BCUT2D eigenvalue weighted by Crippen LogP contribution is -2.50. The summed E-state index contributed by atoms with van der Waals surface area (Å²) in [5.74, 6) is 0.223. The SMILES string of the molecule is COc1ccc(S(=O)(=O)N2Cc3ccccc3CC2C(=O)Nc2ccc(C)cc2C)cc1. The van der Waals surface area contributed by atoms with Crippen molar-refractivity contribution in [2.75, 3.05) is 12.4 Å². The number of fused-ring (bicyclic) bond motifs is 1. The van der Waals surface area contributed by atoms with Gasteiger partial charge in [-0.25, -0.2) is 8.42 Å². The van der Waals surface area contributed by atoms with E-state index in [1.54, 1.807) is 12.1 Å². The van der Waals surface area contributed by atoms with Crippen molar-refractivity contribution in [3.05, 3.63) is 89.0 Å². The quantitative estimate of drug-likeness (QED) is 0.636. The molecule has 0 aromatic heterocycles. The molecule has 1 aliphatic heterocycles. The fourth-order valence-corrected chi connectivity index (χ4v) is 5.59. The minimum atomic E-state index is -3.92. The maximum atomic E-state index is 13.6. The van der Waals surface area contributed by atoms with Crippen LogP contribution in [0.15, 0.2) is 71.6 Å². The number of hydrogen-bond donors (Lipinski definition) is 1. The Morgan fingerprint density at radius 2 is 1.69 bits per heavy atom. The highest BCUT2D eigenvalue weighted by atomic mass is 32.2. The molecule has 0 bridgehead atoms. The van der Waals surface area contributed by atoms with Crippen molar-refractivity contribution in [1.29, 1.82) is 0 Å². The van der Waals surface area contributed by atoms with Crippen molar-refractivity contribution >= 4 is 21.6 Å². The number of amides is 1. The van der Waals surface area contributed by atoms with Gasteiger partial charge in [-0.2, -0.15) is 4.31 Å². The number of nitrogens with zero attached hydrogens (tertiary/aromatic N) is 1. The van der Waals surface area contributed by atoms with Crippen molar-refractivity contribution < 1.29 is 17.9 Å². The Labute approximate surface area is 188 Å². The first-order valence-electron chi connectivity index (χ1n) is 10.4. The van der Waals surface area contributed by atoms with Gasteiger partial charge in [0.05, 0.1) is 12.0 Å². The molecule has 166 valence electrons. The van der Waals surface area contributed by atoms with E-state index in [4.69, 9.17) is 4.74 Å². The van der Waals surface area contributed by atoms with E-state index < -0.39 is 16.1 Å². The van der Waals surface area contributed by atoms with Crippen LogP contribution in [-0.2, 0) is 27.8 Å². The average Bonchev–Trinajstić information content (AvgIpc) is 2.80. The van der Waals surface area contributed by atoms with E-state index in [-0.39, 0.29) is 17.3 Å². The molecule has 7 heteroatoms. The summed E-state index contributed by atoms with van der Waals surface area (Å²) in [6.45, 7) is 4.04. The lowest BCUT2D eigenvalue weighted by Gasteiger charge is -2.35. The van der Waals surface area contributed by atoms with Gasteiger partial charge < -0.3 is 10.1 Å². The molecule has 6 nitrogen and oxygen atoms in total. The minimum absolute atomic E-state index is 0.127. The van der Waals surface area contributed by atoms with Crippen LogP contribution in [0, 0.1) is 13.8 Å². The molecule has 1 amide bonds. The van der Waals surface area contributed by atoms with Gasteiger partial charge in [0.15, 0.2) is 0 Å². The highest BCUT2D eigenvalue weighted by molar-refractivity contribution is 7.89. The summed E-state index contributed by atoms with van der Waals surface area (Å²) in [6, 6.07) is 18.8. The number of carbonyl (C=O) groups excluding carboxylic acids is 1. The van der Waals surface area contributed by atoms with Crippen LogP contribution in [0.1, 0.15) is 22.3 Å². The average molecular weight is 451 g/mol. The molecule has 1 unspecified atom stereocenters. The topological polar surface area (TPSA) is 75.7 Å². The second kappa shape index (κ2) is 8.76. The Kier molecular flexibility index (Phi) is 6.04. The second-order valence-electron chi connectivity index (χ2n) is 8.02. The van der Waals surface area contributed by atoms with Gasteiger partial charge in [0.2, 0.25) is 15.9 Å². The maximum Gasteiger partial charge on any atom is 0.244 e. The van der Waals surface area contributed by atoms with Crippen molar-refractivity contribution in [1.82, 2.24) is 4.31 Å². The van der Waals surface area contributed by atoms with Crippen molar-refractivity contribution in [3.8, 4) is 5.75 Å². The van der Waals surface area contributed by atoms with Crippen LogP contribution < -0.4 is 10.1 Å². The van der Waals surface area contributed by atoms with Crippen LogP contribution in [0.3, 0.4) is 0 Å². The summed E-state index contributed by atoms with van der Waals surface area (Å²) >= 11 is 0. The molecule has 0 radical (unpaired) electrons. The standard InChI is InChI=1S/C25H26N2O4S/c1-17-8-13-23(18(2)14-17)26-25(28)24-15-19-6-4-5-7-20(19)16-27(24)32(29,30)22-11-9-21(31-3)10-12-22/h4-14,24H,15-16H2,1-3H3,(H,26,28). The van der Waals surface area contributed by atoms with Gasteiger partial charge in [0.25, 0.3) is 0 Å². The molecule has 1 aliphatic rings. The van der Waals surface area contributed by atoms with Crippen LogP contribution in [0.4, 0.5) is 5.69 Å². The first kappa shape index (κ1) is 22.0. The van der Waals surface area contributed by atoms with Gasteiger partial charge >= 0.3 is 0 Å². The lowest BCUT2D eigenvalue weighted by molar-refractivity contribution is -0.120. The molecule has 1 atom stereocenters. The molecule has 0 fully saturated rings. The Balaban J connectivity index is 1.71. The molecule has 0 saturated carbocycles. The number of methoxy groups -OCH3 is 1. The Bertz CT molecular complexity index is 1250. The molecular weight excluding hydrogens is 424 g/mol. The highest BCUT2D eigenvalue weighted by Gasteiger charge is 2.39. The summed E-state index contributed by atoms with van der Waals surface area (Å²) < 4.78 is 33.6. The predicted molar refractivity (Wildman–Crippen MR) is 124 cm³/mol. The molecule has 1 heterocycles. The molecule has 32 heavy (non-hydrogen) atoms. The van der Waals surface area contributed by atoms with Gasteiger partial charge in [0.1, 0.15) is 11.8 Å². The maximum absolute atomic E-state index is 13.6. The normalized spacial score (nSPS) is 16.3. The van der Waals surface area contributed by atoms with Gasteiger partial charge in [0, 0.05) is 12.2 Å². The number of sulfonamides is 1. The van der Waals surface area contributed by atoms with Crippen LogP contribution >= 0.6 is 0 Å². The van der Waals surface area contributed by atoms with Crippen molar-refractivity contribution in [3.63, 3.8) is 0 Å². The van der Waals surface area contributed by atoms with Crippen LogP contribution in [0.2, 0.25) is 0 Å². The summed E-state index contributed by atoms with van der Waals surface area (Å²) in [4.78, 5) is 13.5. The number of rotatable bonds is 5. The number of nitrogens with one attached hydrogen (secondary N) is 1. The zero-order valence-electron chi connectivity index (χ0n) is 18.3. The van der Waals surface area contributed by atoms with E-state index in [9.17, 15) is 13.2 Å². The largest absolute Gasteiger partial charge is 0.497 e. The second-order valence-corrected chi connectivity index (χ2v) is 9.91. The third-order valence-electron chi connectivity index (χ3n) is 5.81. The van der Waals surface area contributed by atoms with Crippen molar-refractivity contribution in [2.24, 2.45) is 0 Å². The minimum Gasteiger partial charge on any atom is -0.497 e. The smallest absolute Gasteiger partial charge is 0.244 e. The molecule has 0 aliphatic carbocycles. The fraction of sp³-hybridized carbons (Fsp3) is 0.240. The number of anilines is 1. The van der Waals surface area contributed by atoms with Gasteiger partial charge in [-0.3, -0.25) is 4.79 Å². The molecule has 3 aromatic carbocycles. The third-order valence-corrected chi connectivity index (χ3v) is 7.68. The molecule has 0 spiro atoms. The summed E-state index contributed by atoms with van der Waals surface area (Å²) in [6.07, 6.45) is 0.308. The van der Waals surface area contributed by atoms with E-state index in [2.05, 4.69) is 5.32 Å². The molecule has 0 saturated heterocycles. The number of hydrogen-bond acceptors (Lipinski definition) is 4.